The number of nitrogens with one attached hydrogen (secondary N) is 1. The number of piperazine rings is 1. The summed E-state index contributed by atoms with van der Waals surface area (Å²) in [5.74, 6) is -1.15. The molecule has 41 heavy (non-hydrogen) atoms. The topological polar surface area (TPSA) is 119 Å². The number of amides is 2. The fourth-order valence-electron chi connectivity index (χ4n) is 5.49. The molecule has 2 fully saturated rings. The first-order chi connectivity index (χ1) is 19.9. The number of nitrogens with zero attached hydrogens (tertiary/aromatic N) is 7. The second-order valence-corrected chi connectivity index (χ2v) is 10.0. The van der Waals surface area contributed by atoms with Gasteiger partial charge in [-0.25, -0.2) is 13.8 Å². The van der Waals surface area contributed by atoms with Crippen LogP contribution in [0.25, 0.3) is 5.65 Å². The van der Waals surface area contributed by atoms with E-state index >= 15 is 0 Å². The number of fused-ring (bicyclic) bond motifs is 1. The van der Waals surface area contributed by atoms with Crippen molar-refractivity contribution in [1.82, 2.24) is 24.5 Å². The number of benzene rings is 2. The minimum Gasteiger partial charge on any atom is -0.387 e. The monoisotopic (exact) mass is 562 g/mol. The Hall–Kier alpha value is -4.65. The van der Waals surface area contributed by atoms with Gasteiger partial charge in [-0.2, -0.15) is 0 Å². The van der Waals surface area contributed by atoms with Crippen molar-refractivity contribution in [3.05, 3.63) is 77.9 Å². The third-order valence-corrected chi connectivity index (χ3v) is 7.60. The Morgan fingerprint density at radius 1 is 1.00 bits per heavy atom. The minimum absolute atomic E-state index is 0.0603. The molecule has 4 aromatic rings. The van der Waals surface area contributed by atoms with Crippen molar-refractivity contribution in [2.45, 2.75) is 18.9 Å². The zero-order valence-electron chi connectivity index (χ0n) is 22.1. The molecule has 1 atom stereocenters. The SMILES string of the molecule is O=C(Nc1ccc(N2CCN(C(=O)CO)CC2)cc1)c1nnc2cnc(N3CCC[C@@H]3c3cc(F)ccc3F)cn12. The van der Waals surface area contributed by atoms with Gasteiger partial charge in [-0.1, -0.05) is 0 Å². The summed E-state index contributed by atoms with van der Waals surface area (Å²) in [6, 6.07) is 10.4. The predicted octanol–water partition coefficient (Wildman–Crippen LogP) is 2.64. The lowest BCUT2D eigenvalue weighted by atomic mass is 10.0. The summed E-state index contributed by atoms with van der Waals surface area (Å²) in [6.45, 7) is 2.46. The highest BCUT2D eigenvalue weighted by atomic mass is 19.1. The van der Waals surface area contributed by atoms with Crippen LogP contribution in [-0.2, 0) is 4.79 Å². The number of aliphatic hydroxyl groups excluding tert-OH is 1. The van der Waals surface area contributed by atoms with Gasteiger partial charge in [-0.05, 0) is 55.3 Å². The van der Waals surface area contributed by atoms with E-state index in [0.29, 0.717) is 56.3 Å². The second-order valence-electron chi connectivity index (χ2n) is 10.0. The summed E-state index contributed by atoms with van der Waals surface area (Å²) >= 11 is 0. The molecule has 2 aromatic carbocycles. The summed E-state index contributed by atoms with van der Waals surface area (Å²) in [5, 5.41) is 20.0. The summed E-state index contributed by atoms with van der Waals surface area (Å²) in [4.78, 5) is 35.0. The highest BCUT2D eigenvalue weighted by molar-refractivity contribution is 6.02. The van der Waals surface area contributed by atoms with Crippen LogP contribution < -0.4 is 15.1 Å². The number of carbonyl (C=O) groups is 2. The molecule has 2 aromatic heterocycles. The third-order valence-electron chi connectivity index (χ3n) is 7.60. The molecule has 0 aliphatic carbocycles. The van der Waals surface area contributed by atoms with E-state index in [1.807, 2.05) is 17.0 Å². The number of hydrogen-bond donors (Lipinski definition) is 2. The lowest BCUT2D eigenvalue weighted by molar-refractivity contribution is -0.134. The van der Waals surface area contributed by atoms with Crippen molar-refractivity contribution < 1.29 is 23.5 Å². The van der Waals surface area contributed by atoms with Gasteiger partial charge in [-0.15, -0.1) is 10.2 Å². The Morgan fingerprint density at radius 3 is 2.54 bits per heavy atom. The Bertz CT molecular complexity index is 1590. The van der Waals surface area contributed by atoms with Gasteiger partial charge < -0.3 is 25.1 Å². The summed E-state index contributed by atoms with van der Waals surface area (Å²) in [7, 11) is 0. The van der Waals surface area contributed by atoms with Gasteiger partial charge in [0.1, 0.15) is 24.1 Å². The maximum absolute atomic E-state index is 14.6. The number of halogens is 2. The van der Waals surface area contributed by atoms with E-state index in [0.717, 1.165) is 24.2 Å². The van der Waals surface area contributed by atoms with Crippen molar-refractivity contribution in [3.63, 3.8) is 0 Å². The summed E-state index contributed by atoms with van der Waals surface area (Å²) in [6.07, 6.45) is 4.56. The number of aromatic nitrogens is 4. The van der Waals surface area contributed by atoms with Gasteiger partial charge >= 0.3 is 0 Å². The summed E-state index contributed by atoms with van der Waals surface area (Å²) < 4.78 is 30.0. The molecule has 4 heterocycles. The van der Waals surface area contributed by atoms with Crippen molar-refractivity contribution in [2.75, 3.05) is 54.4 Å². The first-order valence-electron chi connectivity index (χ1n) is 13.4. The Kier molecular flexibility index (Phi) is 7.18. The van der Waals surface area contributed by atoms with E-state index in [-0.39, 0.29) is 23.3 Å². The van der Waals surface area contributed by atoms with E-state index in [9.17, 15) is 18.4 Å². The fourth-order valence-corrected chi connectivity index (χ4v) is 5.49. The first-order valence-corrected chi connectivity index (χ1v) is 13.4. The van der Waals surface area contributed by atoms with E-state index in [2.05, 4.69) is 25.4 Å². The first kappa shape index (κ1) is 26.6. The van der Waals surface area contributed by atoms with Crippen LogP contribution in [0.3, 0.4) is 0 Å². The molecule has 0 radical (unpaired) electrons. The quantitative estimate of drug-likeness (QED) is 0.368. The molecule has 2 aliphatic rings. The van der Waals surface area contributed by atoms with Crippen LogP contribution in [-0.4, -0.2) is 80.7 Å². The molecule has 212 valence electrons. The maximum Gasteiger partial charge on any atom is 0.293 e. The average Bonchev–Trinajstić information content (AvgIpc) is 3.66. The van der Waals surface area contributed by atoms with Crippen LogP contribution in [0.2, 0.25) is 0 Å². The van der Waals surface area contributed by atoms with E-state index in [4.69, 9.17) is 5.11 Å². The van der Waals surface area contributed by atoms with Crippen LogP contribution >= 0.6 is 0 Å². The molecule has 13 heteroatoms. The Morgan fingerprint density at radius 2 is 1.78 bits per heavy atom. The van der Waals surface area contributed by atoms with E-state index < -0.39 is 24.1 Å². The second kappa shape index (κ2) is 11.1. The molecule has 0 spiro atoms. The zero-order valence-corrected chi connectivity index (χ0v) is 22.1. The van der Waals surface area contributed by atoms with Crippen LogP contribution in [0, 0.1) is 11.6 Å². The van der Waals surface area contributed by atoms with Crippen molar-refractivity contribution in [3.8, 4) is 0 Å². The number of aliphatic hydroxyl groups is 1. The average molecular weight is 563 g/mol. The normalized spacial score (nSPS) is 17.3. The molecule has 2 saturated heterocycles. The Balaban J connectivity index is 1.17. The zero-order chi connectivity index (χ0) is 28.5. The molecule has 0 bridgehead atoms. The predicted molar refractivity (Wildman–Crippen MR) is 147 cm³/mol. The molecular formula is C28H28F2N8O3. The van der Waals surface area contributed by atoms with Gasteiger partial charge in [0, 0.05) is 49.7 Å². The fraction of sp³-hybridized carbons (Fsp3) is 0.321. The number of hydrogen-bond acceptors (Lipinski definition) is 8. The van der Waals surface area contributed by atoms with Crippen molar-refractivity contribution >= 4 is 34.7 Å². The Labute approximate surface area is 234 Å². The highest BCUT2D eigenvalue weighted by Crippen LogP contribution is 2.36. The van der Waals surface area contributed by atoms with Crippen molar-refractivity contribution in [1.29, 1.82) is 0 Å². The molecule has 2 amide bonds. The molecule has 0 unspecified atom stereocenters. The number of rotatable bonds is 6. The van der Waals surface area contributed by atoms with E-state index in [1.54, 1.807) is 23.2 Å². The molecule has 2 N–H and O–H groups in total. The van der Waals surface area contributed by atoms with Gasteiger partial charge in [0.15, 0.2) is 5.65 Å². The van der Waals surface area contributed by atoms with Crippen LogP contribution in [0.4, 0.5) is 26.0 Å². The van der Waals surface area contributed by atoms with Crippen LogP contribution in [0.5, 0.6) is 0 Å². The lowest BCUT2D eigenvalue weighted by Gasteiger charge is -2.35. The lowest BCUT2D eigenvalue weighted by Crippen LogP contribution is -2.49. The summed E-state index contributed by atoms with van der Waals surface area (Å²) in [5.41, 5.74) is 2.17. The molecule has 6 rings (SSSR count). The number of carbonyl (C=O) groups excluding carboxylic acids is 2. The van der Waals surface area contributed by atoms with Crippen LogP contribution in [0.15, 0.2) is 54.9 Å². The standard InChI is InChI=1S/C28H28F2N8O3/c29-18-3-8-22(30)21(14-18)23-2-1-9-37(23)25-16-38-24(15-31-25)33-34-27(38)28(41)32-19-4-6-20(7-5-19)35-10-12-36(13-11-35)26(40)17-39/h3-8,14-16,23,39H,1-2,9-13,17H2,(H,32,41)/t23-/m1/s1. The van der Waals surface area contributed by atoms with E-state index in [1.165, 1.54) is 16.7 Å². The molecular weight excluding hydrogens is 534 g/mol. The van der Waals surface area contributed by atoms with Gasteiger partial charge in [-0.3, -0.25) is 14.0 Å². The maximum atomic E-state index is 14.6. The van der Waals surface area contributed by atoms with Gasteiger partial charge in [0.25, 0.3) is 5.91 Å². The largest absolute Gasteiger partial charge is 0.387 e. The van der Waals surface area contributed by atoms with Crippen LogP contribution in [0.1, 0.15) is 35.1 Å². The molecule has 0 saturated carbocycles. The third kappa shape index (κ3) is 5.27. The highest BCUT2D eigenvalue weighted by Gasteiger charge is 2.30. The molecule has 11 nitrogen and oxygen atoms in total. The van der Waals surface area contributed by atoms with Crippen molar-refractivity contribution in [2.24, 2.45) is 0 Å². The van der Waals surface area contributed by atoms with Gasteiger partial charge in [0.05, 0.1) is 18.4 Å². The number of anilines is 3. The minimum atomic E-state index is -0.500. The smallest absolute Gasteiger partial charge is 0.293 e. The van der Waals surface area contributed by atoms with Gasteiger partial charge in [0.2, 0.25) is 11.7 Å². The molecule has 2 aliphatic heterocycles.